The molecule has 0 saturated carbocycles. The lowest BCUT2D eigenvalue weighted by molar-refractivity contribution is -0.138. The minimum absolute atomic E-state index is 0.168. The largest absolute Gasteiger partial charge is 0.480 e. The van der Waals surface area contributed by atoms with Crippen molar-refractivity contribution in [3.05, 3.63) is 41.2 Å². The van der Waals surface area contributed by atoms with E-state index in [1.54, 1.807) is 17.5 Å². The fourth-order valence-electron chi connectivity index (χ4n) is 1.47. The number of aromatic nitrogens is 1. The Hall–Kier alpha value is -1.79. The van der Waals surface area contributed by atoms with Crippen LogP contribution in [-0.2, 0) is 11.2 Å². The number of nitrogens with zero attached hydrogens (tertiary/aromatic N) is 1. The first-order valence-electron chi connectivity index (χ1n) is 5.25. The predicted octanol–water partition coefficient (Wildman–Crippen LogP) is 1.90. The molecular weight excluding hydrogens is 255 g/mol. The predicted molar refractivity (Wildman–Crippen MR) is 66.8 cm³/mol. The number of halogens is 1. The first-order valence-corrected chi connectivity index (χ1v) is 6.13. The number of hydrogen-bond acceptors (Lipinski definition) is 4. The topological polar surface area (TPSA) is 76.2 Å². The summed E-state index contributed by atoms with van der Waals surface area (Å²) in [4.78, 5) is 14.9. The smallest absolute Gasteiger partial charge is 0.320 e. The second kappa shape index (κ2) is 5.24. The highest BCUT2D eigenvalue weighted by atomic mass is 32.1. The zero-order valence-corrected chi connectivity index (χ0v) is 10.2. The van der Waals surface area contributed by atoms with Crippen molar-refractivity contribution in [2.45, 2.75) is 12.5 Å². The van der Waals surface area contributed by atoms with Crippen LogP contribution >= 0.6 is 11.3 Å². The SMILES string of the molecule is NC(Cc1csc(-c2cccc(F)c2)n1)C(=O)O. The number of carboxylic acids is 1. The molecule has 1 atom stereocenters. The van der Waals surface area contributed by atoms with Gasteiger partial charge in [0.05, 0.1) is 5.69 Å². The zero-order valence-electron chi connectivity index (χ0n) is 9.34. The van der Waals surface area contributed by atoms with Crippen LogP contribution in [-0.4, -0.2) is 22.1 Å². The van der Waals surface area contributed by atoms with Gasteiger partial charge < -0.3 is 10.8 Å². The number of carboxylic acid groups (broad SMARTS) is 1. The van der Waals surface area contributed by atoms with E-state index in [1.807, 2.05) is 0 Å². The van der Waals surface area contributed by atoms with Crippen molar-refractivity contribution in [3.63, 3.8) is 0 Å². The Kier molecular flexibility index (Phi) is 3.69. The molecule has 1 aromatic heterocycles. The van der Waals surface area contributed by atoms with Gasteiger partial charge in [-0.3, -0.25) is 4.79 Å². The van der Waals surface area contributed by atoms with Gasteiger partial charge in [-0.2, -0.15) is 0 Å². The summed E-state index contributed by atoms with van der Waals surface area (Å²) in [5, 5.41) is 11.1. The van der Waals surface area contributed by atoms with Crippen LogP contribution in [0, 0.1) is 5.82 Å². The first kappa shape index (κ1) is 12.7. The van der Waals surface area contributed by atoms with E-state index in [-0.39, 0.29) is 12.2 Å². The molecule has 0 aliphatic carbocycles. The van der Waals surface area contributed by atoms with Crippen molar-refractivity contribution >= 4 is 17.3 Å². The van der Waals surface area contributed by atoms with E-state index in [0.717, 1.165) is 0 Å². The fourth-order valence-corrected chi connectivity index (χ4v) is 2.30. The average molecular weight is 266 g/mol. The third-order valence-electron chi connectivity index (χ3n) is 2.37. The van der Waals surface area contributed by atoms with Gasteiger partial charge in [0.2, 0.25) is 0 Å². The van der Waals surface area contributed by atoms with Gasteiger partial charge in [-0.25, -0.2) is 9.37 Å². The minimum atomic E-state index is -1.06. The molecule has 0 bridgehead atoms. The van der Waals surface area contributed by atoms with E-state index in [2.05, 4.69) is 4.98 Å². The van der Waals surface area contributed by atoms with Crippen LogP contribution in [0.15, 0.2) is 29.6 Å². The molecule has 0 aliphatic rings. The summed E-state index contributed by atoms with van der Waals surface area (Å²) in [7, 11) is 0. The van der Waals surface area contributed by atoms with Crippen molar-refractivity contribution in [2.24, 2.45) is 5.73 Å². The molecule has 0 amide bonds. The Labute approximate surface area is 107 Å². The summed E-state index contributed by atoms with van der Waals surface area (Å²) in [6.45, 7) is 0. The number of carbonyl (C=O) groups is 1. The van der Waals surface area contributed by atoms with E-state index in [9.17, 15) is 9.18 Å². The molecule has 0 aliphatic heterocycles. The number of benzene rings is 1. The molecular formula is C12H11FN2O2S. The molecule has 0 saturated heterocycles. The number of aliphatic carboxylic acids is 1. The highest BCUT2D eigenvalue weighted by Crippen LogP contribution is 2.24. The van der Waals surface area contributed by atoms with Crippen molar-refractivity contribution in [1.82, 2.24) is 4.98 Å². The Morgan fingerprint density at radius 1 is 1.56 bits per heavy atom. The number of nitrogens with two attached hydrogens (primary N) is 1. The van der Waals surface area contributed by atoms with Crippen molar-refractivity contribution in [2.75, 3.05) is 0 Å². The Bertz CT molecular complexity index is 571. The lowest BCUT2D eigenvalue weighted by atomic mass is 10.2. The quantitative estimate of drug-likeness (QED) is 0.886. The summed E-state index contributed by atoms with van der Waals surface area (Å²) >= 11 is 1.34. The summed E-state index contributed by atoms with van der Waals surface area (Å²) in [5.74, 6) is -1.39. The normalized spacial score (nSPS) is 12.3. The van der Waals surface area contributed by atoms with E-state index in [4.69, 9.17) is 10.8 Å². The van der Waals surface area contributed by atoms with Crippen LogP contribution in [0.4, 0.5) is 4.39 Å². The summed E-state index contributed by atoms with van der Waals surface area (Å²) in [6, 6.07) is 5.14. The van der Waals surface area contributed by atoms with Gasteiger partial charge in [-0.05, 0) is 12.1 Å². The fraction of sp³-hybridized carbons (Fsp3) is 0.167. The van der Waals surface area contributed by atoms with Crippen LogP contribution < -0.4 is 5.73 Å². The molecule has 2 aromatic rings. The molecule has 1 aromatic carbocycles. The summed E-state index contributed by atoms with van der Waals surface area (Å²) in [5.41, 5.74) is 6.71. The molecule has 0 spiro atoms. The van der Waals surface area contributed by atoms with Gasteiger partial charge in [0.25, 0.3) is 0 Å². The highest BCUT2D eigenvalue weighted by molar-refractivity contribution is 7.13. The van der Waals surface area contributed by atoms with Gasteiger partial charge in [0.1, 0.15) is 16.9 Å². The Morgan fingerprint density at radius 3 is 3.00 bits per heavy atom. The third-order valence-corrected chi connectivity index (χ3v) is 3.31. The van der Waals surface area contributed by atoms with Gasteiger partial charge in [0.15, 0.2) is 0 Å². The molecule has 2 rings (SSSR count). The van der Waals surface area contributed by atoms with Crippen LogP contribution in [0.25, 0.3) is 10.6 Å². The molecule has 1 heterocycles. The van der Waals surface area contributed by atoms with Gasteiger partial charge in [-0.15, -0.1) is 11.3 Å². The summed E-state index contributed by atoms with van der Waals surface area (Å²) in [6.07, 6.45) is 0.168. The summed E-state index contributed by atoms with van der Waals surface area (Å²) < 4.78 is 13.1. The monoisotopic (exact) mass is 266 g/mol. The molecule has 0 fully saturated rings. The molecule has 18 heavy (non-hydrogen) atoms. The van der Waals surface area contributed by atoms with Crippen LogP contribution in [0.1, 0.15) is 5.69 Å². The van der Waals surface area contributed by atoms with E-state index >= 15 is 0 Å². The molecule has 3 N–H and O–H groups in total. The maximum absolute atomic E-state index is 13.1. The van der Waals surface area contributed by atoms with Gasteiger partial charge in [-0.1, -0.05) is 12.1 Å². The lowest BCUT2D eigenvalue weighted by Gasteiger charge is -2.02. The minimum Gasteiger partial charge on any atom is -0.480 e. The maximum Gasteiger partial charge on any atom is 0.320 e. The van der Waals surface area contributed by atoms with E-state index in [0.29, 0.717) is 16.3 Å². The first-order chi connectivity index (χ1) is 8.56. The van der Waals surface area contributed by atoms with Crippen LogP contribution in [0.5, 0.6) is 0 Å². The number of hydrogen-bond donors (Lipinski definition) is 2. The van der Waals surface area contributed by atoms with Crippen molar-refractivity contribution in [1.29, 1.82) is 0 Å². The molecule has 94 valence electrons. The zero-order chi connectivity index (χ0) is 13.1. The second-order valence-corrected chi connectivity index (χ2v) is 4.66. The van der Waals surface area contributed by atoms with Crippen molar-refractivity contribution < 1.29 is 14.3 Å². The number of rotatable bonds is 4. The highest BCUT2D eigenvalue weighted by Gasteiger charge is 2.14. The molecule has 4 nitrogen and oxygen atoms in total. The maximum atomic E-state index is 13.1. The Morgan fingerprint density at radius 2 is 2.33 bits per heavy atom. The Balaban J connectivity index is 2.18. The third kappa shape index (κ3) is 2.91. The van der Waals surface area contributed by atoms with Crippen molar-refractivity contribution in [3.8, 4) is 10.6 Å². The lowest BCUT2D eigenvalue weighted by Crippen LogP contribution is -2.32. The van der Waals surface area contributed by atoms with Gasteiger partial charge >= 0.3 is 5.97 Å². The second-order valence-electron chi connectivity index (χ2n) is 3.80. The standard InChI is InChI=1S/C12H11FN2O2S/c13-8-3-1-2-7(4-8)11-15-9(6-18-11)5-10(14)12(16)17/h1-4,6,10H,5,14H2,(H,16,17). The molecule has 6 heteroatoms. The van der Waals surface area contributed by atoms with Crippen LogP contribution in [0.2, 0.25) is 0 Å². The van der Waals surface area contributed by atoms with E-state index < -0.39 is 12.0 Å². The average Bonchev–Trinajstić information content (AvgIpc) is 2.77. The molecule has 1 unspecified atom stereocenters. The number of thiazole rings is 1. The van der Waals surface area contributed by atoms with Crippen LogP contribution in [0.3, 0.4) is 0 Å². The molecule has 0 radical (unpaired) electrons. The van der Waals surface area contributed by atoms with Gasteiger partial charge in [0, 0.05) is 17.4 Å². The van der Waals surface area contributed by atoms with E-state index in [1.165, 1.54) is 23.5 Å².